The predicted octanol–water partition coefficient (Wildman–Crippen LogP) is 2.56. The number of aldehydes is 1. The van der Waals surface area contributed by atoms with Gasteiger partial charge in [0.1, 0.15) is 6.29 Å². The first-order valence-electron chi connectivity index (χ1n) is 5.75. The smallest absolute Gasteiger partial charge is 0.309 e. The first-order valence-corrected chi connectivity index (χ1v) is 5.75. The molecule has 0 aromatic heterocycles. The lowest BCUT2D eigenvalue weighted by Gasteiger charge is -2.17. The third kappa shape index (κ3) is 4.02. The summed E-state index contributed by atoms with van der Waals surface area (Å²) in [6, 6.07) is 9.96. The van der Waals surface area contributed by atoms with Crippen molar-refractivity contribution in [2.45, 2.75) is 25.7 Å². The van der Waals surface area contributed by atoms with E-state index >= 15 is 0 Å². The van der Waals surface area contributed by atoms with E-state index in [0.717, 1.165) is 6.29 Å². The number of benzene rings is 1. The molecule has 17 heavy (non-hydrogen) atoms. The maximum atomic E-state index is 11.5. The van der Waals surface area contributed by atoms with E-state index in [2.05, 4.69) is 6.92 Å². The van der Waals surface area contributed by atoms with E-state index < -0.39 is 0 Å². The van der Waals surface area contributed by atoms with Crippen LogP contribution >= 0.6 is 0 Å². The van der Waals surface area contributed by atoms with Gasteiger partial charge in [-0.1, -0.05) is 37.3 Å². The number of rotatable bonds is 6. The molecule has 1 rings (SSSR count). The maximum absolute atomic E-state index is 11.5. The van der Waals surface area contributed by atoms with Crippen LogP contribution in [0.3, 0.4) is 0 Å². The van der Waals surface area contributed by atoms with Crippen molar-refractivity contribution in [2.75, 3.05) is 7.11 Å². The van der Waals surface area contributed by atoms with E-state index in [9.17, 15) is 9.59 Å². The second-order valence-electron chi connectivity index (χ2n) is 4.17. The molecule has 1 aromatic carbocycles. The van der Waals surface area contributed by atoms with Crippen molar-refractivity contribution < 1.29 is 14.3 Å². The molecule has 92 valence electrons. The fourth-order valence-electron chi connectivity index (χ4n) is 1.92. The van der Waals surface area contributed by atoms with Gasteiger partial charge in [0.05, 0.1) is 13.0 Å². The Balaban J connectivity index is 2.67. The summed E-state index contributed by atoms with van der Waals surface area (Å²) in [6.07, 6.45) is 1.64. The van der Waals surface area contributed by atoms with Crippen molar-refractivity contribution in [3.63, 3.8) is 0 Å². The van der Waals surface area contributed by atoms with Crippen LogP contribution in [0.2, 0.25) is 0 Å². The summed E-state index contributed by atoms with van der Waals surface area (Å²) >= 11 is 0. The molecule has 0 aliphatic carbocycles. The lowest BCUT2D eigenvalue weighted by atomic mass is 9.89. The van der Waals surface area contributed by atoms with Crippen molar-refractivity contribution in [1.29, 1.82) is 0 Å². The van der Waals surface area contributed by atoms with Crippen LogP contribution in [0, 0.1) is 5.92 Å². The van der Waals surface area contributed by atoms with E-state index in [-0.39, 0.29) is 24.2 Å². The fourth-order valence-corrected chi connectivity index (χ4v) is 1.92. The van der Waals surface area contributed by atoms with Gasteiger partial charge in [-0.2, -0.15) is 0 Å². The number of hydrogen-bond acceptors (Lipinski definition) is 3. The number of ether oxygens (including phenoxy) is 1. The molecule has 3 heteroatoms. The van der Waals surface area contributed by atoms with Crippen LogP contribution in [0.25, 0.3) is 0 Å². The highest BCUT2D eigenvalue weighted by Gasteiger charge is 2.21. The van der Waals surface area contributed by atoms with Gasteiger partial charge in [0, 0.05) is 6.42 Å². The van der Waals surface area contributed by atoms with Crippen molar-refractivity contribution >= 4 is 12.3 Å². The van der Waals surface area contributed by atoms with Gasteiger partial charge in [-0.05, 0) is 17.9 Å². The second kappa shape index (κ2) is 6.84. The molecule has 3 nitrogen and oxygen atoms in total. The van der Waals surface area contributed by atoms with Crippen LogP contribution in [-0.2, 0) is 14.3 Å². The first-order chi connectivity index (χ1) is 8.19. The standard InChI is InChI=1S/C14H18O3/c1-11(12-6-4-3-5-7-12)10-13(8-9-15)14(16)17-2/h3-7,9,11,13H,8,10H2,1-2H3. The molecule has 0 heterocycles. The van der Waals surface area contributed by atoms with Gasteiger partial charge < -0.3 is 9.53 Å². The molecular formula is C14H18O3. The highest BCUT2D eigenvalue weighted by molar-refractivity contribution is 5.75. The normalized spacial score (nSPS) is 13.8. The van der Waals surface area contributed by atoms with Crippen molar-refractivity contribution in [2.24, 2.45) is 5.92 Å². The maximum Gasteiger partial charge on any atom is 0.309 e. The lowest BCUT2D eigenvalue weighted by molar-refractivity contribution is -0.146. The molecule has 0 radical (unpaired) electrons. The molecule has 0 aliphatic rings. The Labute approximate surface area is 102 Å². The highest BCUT2D eigenvalue weighted by atomic mass is 16.5. The molecule has 0 aliphatic heterocycles. The number of hydrogen-bond donors (Lipinski definition) is 0. The van der Waals surface area contributed by atoms with E-state index in [1.807, 2.05) is 30.3 Å². The van der Waals surface area contributed by atoms with Crippen LogP contribution in [0.15, 0.2) is 30.3 Å². The van der Waals surface area contributed by atoms with E-state index in [1.54, 1.807) is 0 Å². The second-order valence-corrected chi connectivity index (χ2v) is 4.17. The minimum atomic E-state index is -0.340. The van der Waals surface area contributed by atoms with Crippen LogP contribution in [-0.4, -0.2) is 19.4 Å². The molecular weight excluding hydrogens is 216 g/mol. The Hall–Kier alpha value is -1.64. The summed E-state index contributed by atoms with van der Waals surface area (Å²) < 4.78 is 4.70. The molecule has 0 fully saturated rings. The van der Waals surface area contributed by atoms with Crippen molar-refractivity contribution in [1.82, 2.24) is 0 Å². The van der Waals surface area contributed by atoms with Crippen LogP contribution < -0.4 is 0 Å². The molecule has 2 atom stereocenters. The Bertz CT molecular complexity index is 359. The molecule has 0 amide bonds. The third-order valence-electron chi connectivity index (χ3n) is 2.92. The molecule has 2 unspecified atom stereocenters. The van der Waals surface area contributed by atoms with Crippen molar-refractivity contribution in [3.8, 4) is 0 Å². The van der Waals surface area contributed by atoms with Gasteiger partial charge >= 0.3 is 5.97 Å². The van der Waals surface area contributed by atoms with E-state index in [1.165, 1.54) is 12.7 Å². The largest absolute Gasteiger partial charge is 0.469 e. The fraction of sp³-hybridized carbons (Fsp3) is 0.429. The minimum absolute atomic E-state index is 0.226. The molecule has 0 saturated carbocycles. The van der Waals surface area contributed by atoms with Gasteiger partial charge in [-0.15, -0.1) is 0 Å². The number of carbonyl (C=O) groups excluding carboxylic acids is 2. The van der Waals surface area contributed by atoms with Crippen LogP contribution in [0.1, 0.15) is 31.2 Å². The average Bonchev–Trinajstić information content (AvgIpc) is 2.38. The monoisotopic (exact) mass is 234 g/mol. The first kappa shape index (κ1) is 13.4. The predicted molar refractivity (Wildman–Crippen MR) is 65.7 cm³/mol. The Morgan fingerprint density at radius 1 is 1.35 bits per heavy atom. The molecule has 0 saturated heterocycles. The van der Waals surface area contributed by atoms with Gasteiger partial charge in [0.25, 0.3) is 0 Å². The molecule has 1 aromatic rings. The molecule has 0 bridgehead atoms. The Morgan fingerprint density at radius 2 is 2.00 bits per heavy atom. The molecule has 0 N–H and O–H groups in total. The summed E-state index contributed by atoms with van der Waals surface area (Å²) in [6.45, 7) is 2.05. The van der Waals surface area contributed by atoms with Crippen LogP contribution in [0.4, 0.5) is 0 Å². The quantitative estimate of drug-likeness (QED) is 0.561. The van der Waals surface area contributed by atoms with Crippen molar-refractivity contribution in [3.05, 3.63) is 35.9 Å². The number of carbonyl (C=O) groups is 2. The van der Waals surface area contributed by atoms with Crippen LogP contribution in [0.5, 0.6) is 0 Å². The van der Waals surface area contributed by atoms with Gasteiger partial charge in [0.2, 0.25) is 0 Å². The summed E-state index contributed by atoms with van der Waals surface area (Å²) in [5.41, 5.74) is 1.17. The lowest BCUT2D eigenvalue weighted by Crippen LogP contribution is -2.19. The summed E-state index contributed by atoms with van der Waals surface area (Å²) in [5.74, 6) is -0.409. The van der Waals surface area contributed by atoms with E-state index in [4.69, 9.17) is 4.74 Å². The molecule has 0 spiro atoms. The Morgan fingerprint density at radius 3 is 2.53 bits per heavy atom. The number of methoxy groups -OCH3 is 1. The van der Waals surface area contributed by atoms with Gasteiger partial charge in [-0.3, -0.25) is 4.79 Å². The average molecular weight is 234 g/mol. The summed E-state index contributed by atoms with van der Waals surface area (Å²) in [7, 11) is 1.35. The topological polar surface area (TPSA) is 43.4 Å². The van der Waals surface area contributed by atoms with E-state index in [0.29, 0.717) is 6.42 Å². The van der Waals surface area contributed by atoms with Gasteiger partial charge in [0.15, 0.2) is 0 Å². The summed E-state index contributed by atoms with van der Waals surface area (Å²) in [4.78, 5) is 22.0. The highest BCUT2D eigenvalue weighted by Crippen LogP contribution is 2.25. The summed E-state index contributed by atoms with van der Waals surface area (Å²) in [5, 5.41) is 0. The zero-order valence-electron chi connectivity index (χ0n) is 10.3. The minimum Gasteiger partial charge on any atom is -0.469 e. The van der Waals surface area contributed by atoms with Gasteiger partial charge in [-0.25, -0.2) is 0 Å². The number of esters is 1. The zero-order valence-corrected chi connectivity index (χ0v) is 10.3. The SMILES string of the molecule is COC(=O)C(CC=O)CC(C)c1ccccc1. The zero-order chi connectivity index (χ0) is 12.7. The third-order valence-corrected chi connectivity index (χ3v) is 2.92. The Kier molecular flexibility index (Phi) is 5.40.